The molecule has 1 heterocycles. The van der Waals surface area contributed by atoms with Crippen molar-refractivity contribution in [2.75, 3.05) is 0 Å². The first-order valence-electron chi connectivity index (χ1n) is 11.0. The first-order chi connectivity index (χ1) is 15.7. The second-order valence-corrected chi connectivity index (χ2v) is 10.5. The third-order valence-corrected chi connectivity index (χ3v) is 7.21. The predicted molar refractivity (Wildman–Crippen MR) is 123 cm³/mol. The summed E-state index contributed by atoms with van der Waals surface area (Å²) in [4.78, 5) is 17.6. The fourth-order valence-electron chi connectivity index (χ4n) is 3.50. The fourth-order valence-corrected chi connectivity index (χ4v) is 4.79. The van der Waals surface area contributed by atoms with Gasteiger partial charge in [-0.15, -0.1) is 0 Å². The maximum atomic E-state index is 13.0. The Labute approximate surface area is 193 Å². The van der Waals surface area contributed by atoms with Gasteiger partial charge >= 0.3 is 0 Å². The van der Waals surface area contributed by atoms with E-state index in [0.717, 1.165) is 18.4 Å². The van der Waals surface area contributed by atoms with Crippen molar-refractivity contribution in [3.63, 3.8) is 0 Å². The second-order valence-electron chi connectivity index (χ2n) is 8.75. The average molecular weight is 469 g/mol. The van der Waals surface area contributed by atoms with Crippen molar-refractivity contribution in [3.8, 4) is 0 Å². The molecule has 0 saturated heterocycles. The van der Waals surface area contributed by atoms with Crippen molar-refractivity contribution in [3.05, 3.63) is 76.9 Å². The number of sulfonamides is 1. The van der Waals surface area contributed by atoms with E-state index in [1.54, 1.807) is 19.1 Å². The summed E-state index contributed by atoms with van der Waals surface area (Å²) >= 11 is 0. The summed E-state index contributed by atoms with van der Waals surface area (Å²) in [5.74, 6) is 0.990. The quantitative estimate of drug-likeness (QED) is 0.493. The van der Waals surface area contributed by atoms with Crippen LogP contribution < -0.4 is 10.0 Å². The van der Waals surface area contributed by atoms with Crippen LogP contribution in [0.15, 0.2) is 57.9 Å². The first-order valence-corrected chi connectivity index (χ1v) is 12.5. The van der Waals surface area contributed by atoms with Gasteiger partial charge in [-0.3, -0.25) is 4.79 Å². The molecule has 174 valence electrons. The molecule has 33 heavy (non-hydrogen) atoms. The van der Waals surface area contributed by atoms with Crippen LogP contribution in [0.1, 0.15) is 71.8 Å². The van der Waals surface area contributed by atoms with Crippen molar-refractivity contribution in [1.29, 1.82) is 0 Å². The zero-order chi connectivity index (χ0) is 23.6. The van der Waals surface area contributed by atoms with Gasteiger partial charge in [0.15, 0.2) is 5.82 Å². The predicted octanol–water partition coefficient (Wildman–Crippen LogP) is 3.86. The van der Waals surface area contributed by atoms with E-state index >= 15 is 0 Å². The van der Waals surface area contributed by atoms with Gasteiger partial charge in [0.05, 0.1) is 4.90 Å². The Morgan fingerprint density at radius 3 is 2.55 bits per heavy atom. The normalized spacial score (nSPS) is 14.9. The standard InChI is InChI=1S/C24H28N4O4S/c1-15(2)21(24-27-22(28-32-24)18-11-12-18)26-23(29)19-10-9-16(3)20(13-19)33(30,31)25-14-17-7-5-4-6-8-17/h4-10,13,15,18,21,25H,11-12,14H2,1-3H3,(H,26,29). The van der Waals surface area contributed by atoms with Crippen LogP contribution in [0.2, 0.25) is 0 Å². The summed E-state index contributed by atoms with van der Waals surface area (Å²) in [5.41, 5.74) is 1.64. The number of carbonyl (C=O) groups is 1. The molecule has 9 heteroatoms. The Balaban J connectivity index is 1.52. The van der Waals surface area contributed by atoms with Gasteiger partial charge in [-0.05, 0) is 48.9 Å². The molecular formula is C24H28N4O4S. The fraction of sp³-hybridized carbons (Fsp3) is 0.375. The van der Waals surface area contributed by atoms with Crippen molar-refractivity contribution < 1.29 is 17.7 Å². The first kappa shape index (κ1) is 23.1. The smallest absolute Gasteiger partial charge is 0.251 e. The lowest BCUT2D eigenvalue weighted by Gasteiger charge is -2.19. The van der Waals surface area contributed by atoms with Crippen LogP contribution in [0.4, 0.5) is 0 Å². The SMILES string of the molecule is Cc1ccc(C(=O)NC(c2nc(C3CC3)no2)C(C)C)cc1S(=O)(=O)NCc1ccccc1. The molecule has 1 saturated carbocycles. The minimum atomic E-state index is -3.81. The van der Waals surface area contributed by atoms with Crippen LogP contribution in [-0.4, -0.2) is 24.5 Å². The van der Waals surface area contributed by atoms with Crippen LogP contribution in [0.5, 0.6) is 0 Å². The molecule has 1 aliphatic rings. The van der Waals surface area contributed by atoms with Gasteiger partial charge < -0.3 is 9.84 Å². The number of hydrogen-bond donors (Lipinski definition) is 2. The molecule has 0 aliphatic heterocycles. The summed E-state index contributed by atoms with van der Waals surface area (Å²) in [6.45, 7) is 5.76. The number of hydrogen-bond acceptors (Lipinski definition) is 6. The van der Waals surface area contributed by atoms with E-state index in [2.05, 4.69) is 20.2 Å². The Kier molecular flexibility index (Phi) is 6.62. The minimum Gasteiger partial charge on any atom is -0.340 e. The van der Waals surface area contributed by atoms with Crippen molar-refractivity contribution >= 4 is 15.9 Å². The maximum absolute atomic E-state index is 13.0. The number of aryl methyl sites for hydroxylation is 1. The molecule has 4 rings (SSSR count). The maximum Gasteiger partial charge on any atom is 0.251 e. The van der Waals surface area contributed by atoms with Crippen molar-refractivity contribution in [1.82, 2.24) is 20.2 Å². The molecule has 1 atom stereocenters. The number of aromatic nitrogens is 2. The molecule has 8 nitrogen and oxygen atoms in total. The third kappa shape index (κ3) is 5.48. The minimum absolute atomic E-state index is 0.00245. The Bertz CT molecular complexity index is 1230. The van der Waals surface area contributed by atoms with E-state index in [1.807, 2.05) is 44.2 Å². The Morgan fingerprint density at radius 1 is 1.15 bits per heavy atom. The van der Waals surface area contributed by atoms with Crippen molar-refractivity contribution in [2.45, 2.75) is 57.0 Å². The lowest BCUT2D eigenvalue weighted by atomic mass is 10.0. The molecule has 1 fully saturated rings. The highest BCUT2D eigenvalue weighted by Gasteiger charge is 2.32. The Morgan fingerprint density at radius 2 is 1.88 bits per heavy atom. The molecular weight excluding hydrogens is 440 g/mol. The molecule has 2 aromatic carbocycles. The summed E-state index contributed by atoms with van der Waals surface area (Å²) in [6, 6.07) is 13.4. The average Bonchev–Trinajstić information content (AvgIpc) is 3.54. The van der Waals surface area contributed by atoms with Gasteiger partial charge in [-0.2, -0.15) is 4.98 Å². The number of carbonyl (C=O) groups excluding carboxylic acids is 1. The van der Waals surface area contributed by atoms with Gasteiger partial charge in [0, 0.05) is 18.0 Å². The molecule has 0 bridgehead atoms. The van der Waals surface area contributed by atoms with Gasteiger partial charge in [0.1, 0.15) is 6.04 Å². The van der Waals surface area contributed by atoms with Crippen LogP contribution in [-0.2, 0) is 16.6 Å². The molecule has 2 N–H and O–H groups in total. The number of nitrogens with zero attached hydrogens (tertiary/aromatic N) is 2. The van der Waals surface area contributed by atoms with E-state index in [0.29, 0.717) is 23.2 Å². The molecule has 1 unspecified atom stereocenters. The van der Waals surface area contributed by atoms with Gasteiger partial charge in [-0.25, -0.2) is 13.1 Å². The zero-order valence-electron chi connectivity index (χ0n) is 18.9. The summed E-state index contributed by atoms with van der Waals surface area (Å²) < 4.78 is 33.9. The summed E-state index contributed by atoms with van der Waals surface area (Å²) in [7, 11) is -3.81. The molecule has 0 radical (unpaired) electrons. The van der Waals surface area contributed by atoms with Gasteiger partial charge in [-0.1, -0.05) is 55.4 Å². The van der Waals surface area contributed by atoms with Gasteiger partial charge in [0.2, 0.25) is 15.9 Å². The van der Waals surface area contributed by atoms with Crippen LogP contribution in [0, 0.1) is 12.8 Å². The van der Waals surface area contributed by atoms with E-state index in [9.17, 15) is 13.2 Å². The zero-order valence-corrected chi connectivity index (χ0v) is 19.7. The number of rotatable bonds is 9. The van der Waals surface area contributed by atoms with Crippen LogP contribution in [0.25, 0.3) is 0 Å². The van der Waals surface area contributed by atoms with E-state index < -0.39 is 22.0 Å². The topological polar surface area (TPSA) is 114 Å². The number of nitrogens with one attached hydrogen (secondary N) is 2. The van der Waals surface area contributed by atoms with Crippen molar-refractivity contribution in [2.24, 2.45) is 5.92 Å². The molecule has 0 spiro atoms. The largest absolute Gasteiger partial charge is 0.340 e. The van der Waals surface area contributed by atoms with Crippen LogP contribution in [0.3, 0.4) is 0 Å². The highest BCUT2D eigenvalue weighted by atomic mass is 32.2. The third-order valence-electron chi connectivity index (χ3n) is 5.67. The van der Waals surface area contributed by atoms with Crippen LogP contribution >= 0.6 is 0 Å². The molecule has 3 aromatic rings. The highest BCUT2D eigenvalue weighted by molar-refractivity contribution is 7.89. The van der Waals surface area contributed by atoms with Gasteiger partial charge in [0.25, 0.3) is 5.91 Å². The number of amides is 1. The lowest BCUT2D eigenvalue weighted by Crippen LogP contribution is -2.32. The molecule has 1 amide bonds. The lowest BCUT2D eigenvalue weighted by molar-refractivity contribution is 0.0913. The van der Waals surface area contributed by atoms with E-state index in [-0.39, 0.29) is 22.9 Å². The monoisotopic (exact) mass is 468 g/mol. The summed E-state index contributed by atoms with van der Waals surface area (Å²) in [5, 5.41) is 6.97. The summed E-state index contributed by atoms with van der Waals surface area (Å²) in [6.07, 6.45) is 2.10. The van der Waals surface area contributed by atoms with E-state index in [4.69, 9.17) is 4.52 Å². The number of benzene rings is 2. The van der Waals surface area contributed by atoms with E-state index in [1.165, 1.54) is 6.07 Å². The molecule has 1 aromatic heterocycles. The Hall–Kier alpha value is -3.04. The molecule has 1 aliphatic carbocycles. The second kappa shape index (κ2) is 9.44. The highest BCUT2D eigenvalue weighted by Crippen LogP contribution is 2.38.